The van der Waals surface area contributed by atoms with Gasteiger partial charge in [-0.3, -0.25) is 10.2 Å². The molecule has 4 nitrogen and oxygen atoms in total. The fraction of sp³-hybridized carbons (Fsp3) is 0.167. The van der Waals surface area contributed by atoms with Crippen molar-refractivity contribution < 1.29 is 9.18 Å². The van der Waals surface area contributed by atoms with E-state index < -0.39 is 11.7 Å². The molecule has 0 atom stereocenters. The molecule has 0 radical (unpaired) electrons. The molecular formula is C12H14FN3OS. The van der Waals surface area contributed by atoms with E-state index in [-0.39, 0.29) is 10.7 Å². The van der Waals surface area contributed by atoms with Crippen molar-refractivity contribution in [2.75, 3.05) is 5.75 Å². The van der Waals surface area contributed by atoms with Gasteiger partial charge in [-0.05, 0) is 30.7 Å². The number of carbonyl (C=O) groups is 1. The van der Waals surface area contributed by atoms with E-state index in [0.29, 0.717) is 16.9 Å². The lowest BCUT2D eigenvalue weighted by atomic mass is 10.0. The molecule has 1 rings (SSSR count). The minimum absolute atomic E-state index is 0.00501. The first kappa shape index (κ1) is 14.2. The van der Waals surface area contributed by atoms with E-state index in [2.05, 4.69) is 0 Å². The second-order valence-electron chi connectivity index (χ2n) is 3.62. The third-order valence-electron chi connectivity index (χ3n) is 2.30. The van der Waals surface area contributed by atoms with Crippen molar-refractivity contribution >= 4 is 28.4 Å². The van der Waals surface area contributed by atoms with Crippen LogP contribution in [0.4, 0.5) is 4.39 Å². The summed E-state index contributed by atoms with van der Waals surface area (Å²) < 4.78 is 13.6. The summed E-state index contributed by atoms with van der Waals surface area (Å²) in [5, 5.41) is 7.06. The zero-order valence-corrected chi connectivity index (χ0v) is 10.7. The van der Waals surface area contributed by atoms with Crippen molar-refractivity contribution in [1.29, 1.82) is 5.41 Å². The van der Waals surface area contributed by atoms with E-state index in [4.69, 9.17) is 16.9 Å². The number of primary amides is 1. The summed E-state index contributed by atoms with van der Waals surface area (Å²) in [5.74, 6) is -0.537. The van der Waals surface area contributed by atoms with Crippen LogP contribution in [0.25, 0.3) is 5.57 Å². The Hall–Kier alpha value is -1.82. The van der Waals surface area contributed by atoms with Crippen LogP contribution in [0.1, 0.15) is 22.8 Å². The molecule has 0 heterocycles. The highest BCUT2D eigenvalue weighted by atomic mass is 32.2. The van der Waals surface area contributed by atoms with Gasteiger partial charge in [0.15, 0.2) is 5.17 Å². The summed E-state index contributed by atoms with van der Waals surface area (Å²) in [5.41, 5.74) is 11.6. The maximum absolute atomic E-state index is 13.6. The molecule has 0 bridgehead atoms. The van der Waals surface area contributed by atoms with E-state index in [1.807, 2.05) is 0 Å². The molecule has 0 aliphatic rings. The van der Waals surface area contributed by atoms with Gasteiger partial charge in [0.1, 0.15) is 5.82 Å². The smallest absolute Gasteiger partial charge is 0.248 e. The van der Waals surface area contributed by atoms with Crippen molar-refractivity contribution in [1.82, 2.24) is 0 Å². The Labute approximate surface area is 109 Å². The lowest BCUT2D eigenvalue weighted by molar-refractivity contribution is 0.1000. The van der Waals surface area contributed by atoms with Crippen LogP contribution >= 0.6 is 11.8 Å². The van der Waals surface area contributed by atoms with Crippen LogP contribution in [0.3, 0.4) is 0 Å². The summed E-state index contributed by atoms with van der Waals surface area (Å²) in [7, 11) is 0. The van der Waals surface area contributed by atoms with Gasteiger partial charge >= 0.3 is 0 Å². The largest absolute Gasteiger partial charge is 0.379 e. The first-order chi connectivity index (χ1) is 8.41. The molecule has 0 saturated heterocycles. The minimum Gasteiger partial charge on any atom is -0.379 e. The molecule has 1 aromatic rings. The second kappa shape index (κ2) is 6.20. The number of thioether (sulfide) groups is 1. The van der Waals surface area contributed by atoms with Crippen LogP contribution < -0.4 is 11.5 Å². The summed E-state index contributed by atoms with van der Waals surface area (Å²) in [4.78, 5) is 11.0. The number of amidine groups is 1. The van der Waals surface area contributed by atoms with Crippen LogP contribution in [0.5, 0.6) is 0 Å². The average molecular weight is 267 g/mol. The minimum atomic E-state index is -0.595. The monoisotopic (exact) mass is 267 g/mol. The highest BCUT2D eigenvalue weighted by molar-refractivity contribution is 8.13. The zero-order chi connectivity index (χ0) is 13.7. The summed E-state index contributed by atoms with van der Waals surface area (Å²) in [6.07, 6.45) is 1.75. The zero-order valence-electron chi connectivity index (χ0n) is 9.87. The molecule has 18 heavy (non-hydrogen) atoms. The molecule has 0 fully saturated rings. The number of carbonyl (C=O) groups excluding carboxylic acids is 1. The van der Waals surface area contributed by atoms with Crippen LogP contribution in [0.2, 0.25) is 0 Å². The Bertz CT molecular complexity index is 514. The van der Waals surface area contributed by atoms with E-state index in [1.165, 1.54) is 18.2 Å². The fourth-order valence-corrected chi connectivity index (χ4v) is 1.86. The molecule has 0 unspecified atom stereocenters. The van der Waals surface area contributed by atoms with Crippen LogP contribution in [-0.2, 0) is 0 Å². The van der Waals surface area contributed by atoms with Crippen molar-refractivity contribution in [2.45, 2.75) is 6.92 Å². The SMILES string of the molecule is C/C(=C/CSC(=N)N)c1cc(C(N)=O)ccc1F. The first-order valence-electron chi connectivity index (χ1n) is 5.15. The third kappa shape index (κ3) is 3.89. The topological polar surface area (TPSA) is 93.0 Å². The van der Waals surface area contributed by atoms with Gasteiger partial charge in [-0.2, -0.15) is 0 Å². The standard InChI is InChI=1S/C12H14FN3OS/c1-7(4-5-18-12(15)16)9-6-8(11(14)17)2-3-10(9)13/h2-4,6H,5H2,1H3,(H2,14,17)(H3,15,16)/b7-4-. The van der Waals surface area contributed by atoms with Crippen molar-refractivity contribution in [3.8, 4) is 0 Å². The molecule has 1 amide bonds. The van der Waals surface area contributed by atoms with Gasteiger partial charge in [0, 0.05) is 16.9 Å². The Morgan fingerprint density at radius 3 is 2.72 bits per heavy atom. The van der Waals surface area contributed by atoms with Gasteiger partial charge in [0.2, 0.25) is 5.91 Å². The van der Waals surface area contributed by atoms with Crippen molar-refractivity contribution in [3.63, 3.8) is 0 Å². The van der Waals surface area contributed by atoms with Gasteiger partial charge < -0.3 is 11.5 Å². The molecule has 1 aromatic carbocycles. The first-order valence-corrected chi connectivity index (χ1v) is 6.13. The van der Waals surface area contributed by atoms with Crippen LogP contribution in [0, 0.1) is 11.2 Å². The molecule has 0 aliphatic heterocycles. The molecule has 0 saturated carbocycles. The Morgan fingerprint density at radius 1 is 1.50 bits per heavy atom. The average Bonchev–Trinajstić information content (AvgIpc) is 2.28. The predicted molar refractivity (Wildman–Crippen MR) is 72.9 cm³/mol. The number of allylic oxidation sites excluding steroid dienone is 1. The molecule has 0 aromatic heterocycles. The lowest BCUT2D eigenvalue weighted by Crippen LogP contribution is -2.11. The van der Waals surface area contributed by atoms with Gasteiger partial charge in [-0.15, -0.1) is 0 Å². The number of nitrogens with two attached hydrogens (primary N) is 2. The molecule has 0 spiro atoms. The van der Waals surface area contributed by atoms with Crippen LogP contribution in [-0.4, -0.2) is 16.8 Å². The number of hydrogen-bond acceptors (Lipinski definition) is 3. The number of amides is 1. The molecule has 6 heteroatoms. The van der Waals surface area contributed by atoms with Crippen LogP contribution in [0.15, 0.2) is 24.3 Å². The van der Waals surface area contributed by atoms with Gasteiger partial charge in [-0.25, -0.2) is 4.39 Å². The van der Waals surface area contributed by atoms with Crippen molar-refractivity contribution in [3.05, 3.63) is 41.2 Å². The van der Waals surface area contributed by atoms with E-state index in [1.54, 1.807) is 13.0 Å². The van der Waals surface area contributed by atoms with E-state index in [9.17, 15) is 9.18 Å². The summed E-state index contributed by atoms with van der Waals surface area (Å²) in [6.45, 7) is 1.73. The molecule has 96 valence electrons. The highest BCUT2D eigenvalue weighted by Gasteiger charge is 2.08. The van der Waals surface area contributed by atoms with E-state index in [0.717, 1.165) is 11.8 Å². The van der Waals surface area contributed by atoms with Gasteiger partial charge in [0.25, 0.3) is 0 Å². The maximum atomic E-state index is 13.6. The lowest BCUT2D eigenvalue weighted by Gasteiger charge is -2.05. The maximum Gasteiger partial charge on any atom is 0.248 e. The molecule has 0 aliphatic carbocycles. The predicted octanol–water partition coefficient (Wildman–Crippen LogP) is 1.95. The number of rotatable bonds is 4. The summed E-state index contributed by atoms with van der Waals surface area (Å²) in [6, 6.07) is 3.98. The molecule has 5 N–H and O–H groups in total. The number of nitrogens with one attached hydrogen (secondary N) is 1. The van der Waals surface area contributed by atoms with Gasteiger partial charge in [-0.1, -0.05) is 17.8 Å². The Morgan fingerprint density at radius 2 is 2.17 bits per heavy atom. The number of halogens is 1. The highest BCUT2D eigenvalue weighted by Crippen LogP contribution is 2.20. The fourth-order valence-electron chi connectivity index (χ4n) is 1.35. The normalized spacial score (nSPS) is 11.3. The Kier molecular flexibility index (Phi) is 4.91. The van der Waals surface area contributed by atoms with E-state index >= 15 is 0 Å². The number of hydrogen-bond donors (Lipinski definition) is 3. The second-order valence-corrected chi connectivity index (χ2v) is 4.68. The van der Waals surface area contributed by atoms with Crippen molar-refractivity contribution in [2.24, 2.45) is 11.5 Å². The van der Waals surface area contributed by atoms with Gasteiger partial charge in [0.05, 0.1) is 0 Å². The Balaban J connectivity index is 2.96. The molecular weight excluding hydrogens is 253 g/mol. The quantitative estimate of drug-likeness (QED) is 0.575. The summed E-state index contributed by atoms with van der Waals surface area (Å²) >= 11 is 1.14. The third-order valence-corrected chi connectivity index (χ3v) is 2.95. The number of benzene rings is 1.